The standard InChI is InChI=1S/C16H26N4O3S/c1-4-5-6-13(20-24(3,21)22)16(17)19-12-7-8-15-14(9-12)18-10-11(2)23-15/h7-11,13,16,19-20H,4-6,17H2,1-3H3. The van der Waals surface area contributed by atoms with Crippen LogP contribution < -0.4 is 20.5 Å². The lowest BCUT2D eigenvalue weighted by atomic mass is 10.1. The van der Waals surface area contributed by atoms with Crippen molar-refractivity contribution >= 4 is 27.6 Å². The maximum Gasteiger partial charge on any atom is 0.209 e. The Morgan fingerprint density at radius 3 is 2.83 bits per heavy atom. The SMILES string of the molecule is CCCCC(NS(C)(=O)=O)C(N)Nc1ccc2c(c1)N=CC(C)O2. The lowest BCUT2D eigenvalue weighted by Crippen LogP contribution is -2.51. The zero-order valence-electron chi connectivity index (χ0n) is 14.3. The number of nitrogens with zero attached hydrogens (tertiary/aromatic N) is 1. The molecule has 0 saturated heterocycles. The highest BCUT2D eigenvalue weighted by Gasteiger charge is 2.21. The highest BCUT2D eigenvalue weighted by atomic mass is 32.2. The van der Waals surface area contributed by atoms with E-state index in [1.54, 1.807) is 6.21 Å². The number of aliphatic imine (C=N–C) groups is 1. The van der Waals surface area contributed by atoms with Crippen LogP contribution >= 0.6 is 0 Å². The summed E-state index contributed by atoms with van der Waals surface area (Å²) in [6.07, 6.45) is 4.82. The third-order valence-electron chi connectivity index (χ3n) is 3.70. The molecule has 0 aromatic heterocycles. The second kappa shape index (κ2) is 7.96. The van der Waals surface area contributed by atoms with Gasteiger partial charge in [-0.3, -0.25) is 4.99 Å². The van der Waals surface area contributed by atoms with Gasteiger partial charge in [0.25, 0.3) is 0 Å². The van der Waals surface area contributed by atoms with Crippen LogP contribution in [0.5, 0.6) is 5.75 Å². The lowest BCUT2D eigenvalue weighted by molar-refractivity contribution is 0.288. The number of fused-ring (bicyclic) bond motifs is 1. The smallest absolute Gasteiger partial charge is 0.209 e. The van der Waals surface area contributed by atoms with E-state index in [4.69, 9.17) is 10.5 Å². The van der Waals surface area contributed by atoms with Gasteiger partial charge in [0, 0.05) is 11.9 Å². The molecule has 134 valence electrons. The van der Waals surface area contributed by atoms with Crippen molar-refractivity contribution in [2.24, 2.45) is 10.7 Å². The number of unbranched alkanes of at least 4 members (excludes halogenated alkanes) is 1. The molecule has 0 aliphatic carbocycles. The average molecular weight is 354 g/mol. The van der Waals surface area contributed by atoms with Gasteiger partial charge in [-0.2, -0.15) is 0 Å². The molecule has 8 heteroatoms. The average Bonchev–Trinajstić information content (AvgIpc) is 2.50. The van der Waals surface area contributed by atoms with Crippen LogP contribution in [0.4, 0.5) is 11.4 Å². The minimum absolute atomic E-state index is 0.0454. The number of sulfonamides is 1. The Kier molecular flexibility index (Phi) is 6.20. The molecule has 1 aliphatic rings. The number of rotatable bonds is 8. The molecule has 3 unspecified atom stereocenters. The molecule has 3 atom stereocenters. The second-order valence-corrected chi connectivity index (χ2v) is 7.87. The van der Waals surface area contributed by atoms with Crippen LogP contribution in [0, 0.1) is 0 Å². The van der Waals surface area contributed by atoms with E-state index in [1.807, 2.05) is 25.1 Å². The van der Waals surface area contributed by atoms with E-state index in [9.17, 15) is 8.42 Å². The summed E-state index contributed by atoms with van der Waals surface area (Å²) in [5, 5.41) is 3.16. The lowest BCUT2D eigenvalue weighted by Gasteiger charge is -2.26. The normalized spacial score (nSPS) is 19.2. The molecule has 0 radical (unpaired) electrons. The van der Waals surface area contributed by atoms with Crippen LogP contribution in [-0.4, -0.2) is 39.2 Å². The van der Waals surface area contributed by atoms with Crippen molar-refractivity contribution in [3.8, 4) is 5.75 Å². The maximum absolute atomic E-state index is 11.6. The zero-order valence-corrected chi connectivity index (χ0v) is 15.1. The molecule has 0 spiro atoms. The first-order valence-corrected chi connectivity index (χ1v) is 10.0. The van der Waals surface area contributed by atoms with Crippen LogP contribution in [-0.2, 0) is 10.0 Å². The Morgan fingerprint density at radius 2 is 2.17 bits per heavy atom. The summed E-state index contributed by atoms with van der Waals surface area (Å²) in [6.45, 7) is 3.97. The van der Waals surface area contributed by atoms with Crippen molar-refractivity contribution in [3.05, 3.63) is 18.2 Å². The highest BCUT2D eigenvalue weighted by molar-refractivity contribution is 7.88. The van der Waals surface area contributed by atoms with Crippen molar-refractivity contribution in [1.29, 1.82) is 0 Å². The van der Waals surface area contributed by atoms with Crippen molar-refractivity contribution in [3.63, 3.8) is 0 Å². The first kappa shape index (κ1) is 18.7. The molecule has 0 fully saturated rings. The molecule has 7 nitrogen and oxygen atoms in total. The Labute approximate surface area is 143 Å². The number of anilines is 1. The van der Waals surface area contributed by atoms with Gasteiger partial charge in [-0.25, -0.2) is 13.1 Å². The predicted octanol–water partition coefficient (Wildman–Crippen LogP) is 1.97. The fraction of sp³-hybridized carbons (Fsp3) is 0.562. The predicted molar refractivity (Wildman–Crippen MR) is 97.6 cm³/mol. The van der Waals surface area contributed by atoms with Crippen LogP contribution in [0.25, 0.3) is 0 Å². The Balaban J connectivity index is 2.09. The fourth-order valence-corrected chi connectivity index (χ4v) is 3.34. The topological polar surface area (TPSA) is 106 Å². The molecule has 1 heterocycles. The van der Waals surface area contributed by atoms with E-state index in [0.717, 1.165) is 36.2 Å². The molecule has 1 aromatic rings. The van der Waals surface area contributed by atoms with E-state index in [1.165, 1.54) is 0 Å². The van der Waals surface area contributed by atoms with Crippen LogP contribution in [0.15, 0.2) is 23.2 Å². The molecule has 1 aliphatic heterocycles. The van der Waals surface area contributed by atoms with Gasteiger partial charge in [0.1, 0.15) is 17.5 Å². The van der Waals surface area contributed by atoms with Crippen molar-refractivity contribution in [1.82, 2.24) is 4.72 Å². The first-order chi connectivity index (χ1) is 11.3. The van der Waals surface area contributed by atoms with E-state index in [-0.39, 0.29) is 12.1 Å². The monoisotopic (exact) mass is 354 g/mol. The first-order valence-electron chi connectivity index (χ1n) is 8.13. The number of ether oxygens (including phenoxy) is 1. The second-order valence-electron chi connectivity index (χ2n) is 6.09. The van der Waals surface area contributed by atoms with Crippen molar-refractivity contribution in [2.75, 3.05) is 11.6 Å². The molecule has 2 rings (SSSR count). The molecule has 4 N–H and O–H groups in total. The Morgan fingerprint density at radius 1 is 1.42 bits per heavy atom. The summed E-state index contributed by atoms with van der Waals surface area (Å²) < 4.78 is 31.4. The number of nitrogens with two attached hydrogens (primary N) is 1. The summed E-state index contributed by atoms with van der Waals surface area (Å²) >= 11 is 0. The van der Waals surface area contributed by atoms with Crippen LogP contribution in [0.2, 0.25) is 0 Å². The van der Waals surface area contributed by atoms with Crippen LogP contribution in [0.1, 0.15) is 33.1 Å². The number of hydrogen-bond donors (Lipinski definition) is 3. The highest BCUT2D eigenvalue weighted by Crippen LogP contribution is 2.33. The van der Waals surface area contributed by atoms with Gasteiger partial charge in [-0.1, -0.05) is 19.8 Å². The summed E-state index contributed by atoms with van der Waals surface area (Å²) in [5.41, 5.74) is 7.69. The molecule has 0 bridgehead atoms. The summed E-state index contributed by atoms with van der Waals surface area (Å²) in [6, 6.07) is 5.15. The van der Waals surface area contributed by atoms with Gasteiger partial charge in [0.05, 0.1) is 18.5 Å². The Hall–Kier alpha value is -1.64. The van der Waals surface area contributed by atoms with E-state index >= 15 is 0 Å². The molecular formula is C16H26N4O3S. The zero-order chi connectivity index (χ0) is 17.7. The summed E-state index contributed by atoms with van der Waals surface area (Å²) in [4.78, 5) is 4.35. The van der Waals surface area contributed by atoms with Crippen molar-refractivity contribution in [2.45, 2.75) is 51.4 Å². The quantitative estimate of drug-likeness (QED) is 0.619. The molecule has 0 amide bonds. The van der Waals surface area contributed by atoms with Crippen molar-refractivity contribution < 1.29 is 13.2 Å². The maximum atomic E-state index is 11.6. The number of hydrogen-bond acceptors (Lipinski definition) is 6. The fourth-order valence-electron chi connectivity index (χ4n) is 2.53. The minimum Gasteiger partial charge on any atom is -0.483 e. The van der Waals surface area contributed by atoms with E-state index in [2.05, 4.69) is 22.0 Å². The molecule has 0 saturated carbocycles. The Bertz CT molecular complexity index is 691. The minimum atomic E-state index is -3.33. The van der Waals surface area contributed by atoms with Gasteiger partial charge in [0.15, 0.2) is 0 Å². The molecule has 1 aromatic carbocycles. The number of nitrogens with one attached hydrogen (secondary N) is 2. The third-order valence-corrected chi connectivity index (χ3v) is 4.43. The van der Waals surface area contributed by atoms with Gasteiger partial charge in [-0.15, -0.1) is 0 Å². The van der Waals surface area contributed by atoms with Gasteiger partial charge < -0.3 is 15.8 Å². The van der Waals surface area contributed by atoms with Gasteiger partial charge in [0.2, 0.25) is 10.0 Å². The van der Waals surface area contributed by atoms with Gasteiger partial charge in [-0.05, 0) is 31.5 Å². The third kappa shape index (κ3) is 5.47. The number of benzene rings is 1. The molecule has 24 heavy (non-hydrogen) atoms. The van der Waals surface area contributed by atoms with Crippen LogP contribution in [0.3, 0.4) is 0 Å². The summed E-state index contributed by atoms with van der Waals surface area (Å²) in [7, 11) is -3.33. The van der Waals surface area contributed by atoms with E-state index in [0.29, 0.717) is 6.42 Å². The van der Waals surface area contributed by atoms with E-state index < -0.39 is 16.2 Å². The van der Waals surface area contributed by atoms with Gasteiger partial charge >= 0.3 is 0 Å². The largest absolute Gasteiger partial charge is 0.483 e. The summed E-state index contributed by atoms with van der Waals surface area (Å²) in [5.74, 6) is 0.723. The molecular weight excluding hydrogens is 328 g/mol.